The molecule has 4 aromatic heterocycles. The van der Waals surface area contributed by atoms with Crippen molar-refractivity contribution in [3.05, 3.63) is 226 Å². The number of aliphatic hydroxyl groups excluding tert-OH is 2. The fourth-order valence-electron chi connectivity index (χ4n) is 30.2. The largest absolute Gasteiger partial charge is 0.515 e. The average Bonchev–Trinajstić information content (AvgIpc) is 1.45. The first-order chi connectivity index (χ1) is 70.5. The molecule has 12 aliphatic carbocycles. The van der Waals surface area contributed by atoms with Crippen LogP contribution < -0.4 is 22.5 Å². The zero-order chi connectivity index (χ0) is 104. The van der Waals surface area contributed by atoms with E-state index in [1.54, 1.807) is 0 Å². The molecule has 15 aliphatic rings. The third-order valence-corrected chi connectivity index (χ3v) is 38.2. The molecule has 774 valence electrons. The molecule has 0 radical (unpaired) electrons. The third kappa shape index (κ3) is 18.5. The number of hydrogen-bond donors (Lipinski definition) is 6. The van der Waals surface area contributed by atoms with Crippen LogP contribution in [-0.2, 0) is 105 Å². The number of Topliss-reactive ketones (excluding diaryl/α,β-unsaturated/α-hetero) is 6. The molecule has 11 fully saturated rings. The Bertz CT molecular complexity index is 6530. The average molecular weight is 1990 g/mol. The van der Waals surface area contributed by atoms with Crippen molar-refractivity contribution in [1.29, 1.82) is 0 Å². The van der Waals surface area contributed by atoms with E-state index in [9.17, 15) is 43.8 Å². The number of nitrogens with two attached hydrogens (primary N) is 3. The van der Waals surface area contributed by atoms with Crippen molar-refractivity contribution < 1.29 is 72.2 Å². The van der Waals surface area contributed by atoms with Crippen molar-refractivity contribution in [3.63, 3.8) is 0 Å². The summed E-state index contributed by atoms with van der Waals surface area (Å²) in [5.74, 6) is 2.84. The molecule has 3 aliphatic heterocycles. The van der Waals surface area contributed by atoms with Crippen LogP contribution in [0.5, 0.6) is 0 Å². The minimum absolute atomic E-state index is 0.0111. The van der Waals surface area contributed by atoms with Crippen molar-refractivity contribution in [1.82, 2.24) is 39.9 Å². The highest BCUT2D eigenvalue weighted by molar-refractivity contribution is 6.12. The van der Waals surface area contributed by atoms with E-state index in [4.69, 9.17) is 55.6 Å². The molecule has 27 heteroatoms. The number of ketones is 6. The second-order valence-electron chi connectivity index (χ2n) is 45.7. The predicted molar refractivity (Wildman–Crippen MR) is 562 cm³/mol. The maximum Gasteiger partial charge on any atom is 0.230 e. The highest BCUT2D eigenvalue weighted by atomic mass is 16.7. The summed E-state index contributed by atoms with van der Waals surface area (Å²) in [5, 5.41) is 21.8. The van der Waals surface area contributed by atoms with Gasteiger partial charge in [-0.25, -0.2) is 39.9 Å². The normalized spacial score (nSPS) is 32.5. The van der Waals surface area contributed by atoms with Gasteiger partial charge in [-0.15, -0.1) is 0 Å². The summed E-state index contributed by atoms with van der Waals surface area (Å²) >= 11 is 0. The van der Waals surface area contributed by atoms with Gasteiger partial charge in [0.1, 0.15) is 17.3 Å². The van der Waals surface area contributed by atoms with E-state index in [0.29, 0.717) is 141 Å². The van der Waals surface area contributed by atoms with E-state index < -0.39 is 28.3 Å². The van der Waals surface area contributed by atoms with Crippen LogP contribution in [0.4, 0.5) is 23.8 Å². The monoisotopic (exact) mass is 1990 g/mol. The van der Waals surface area contributed by atoms with E-state index in [1.807, 2.05) is 129 Å². The number of allylic oxidation sites excluding steroid dienone is 2. The minimum Gasteiger partial charge on any atom is -0.515 e. The minimum atomic E-state index is -0.513. The number of aliphatic hydroxyl groups is 2. The summed E-state index contributed by atoms with van der Waals surface area (Å²) in [4.78, 5) is 124. The molecule has 5 aromatic carbocycles. The van der Waals surface area contributed by atoms with Crippen molar-refractivity contribution in [3.8, 4) is 45.0 Å². The van der Waals surface area contributed by atoms with Gasteiger partial charge in [0.05, 0.1) is 104 Å². The molecule has 9 aromatic rings. The lowest BCUT2D eigenvalue weighted by atomic mass is 9.52. The number of fused-ring (bicyclic) bond motifs is 14. The van der Waals surface area contributed by atoms with Gasteiger partial charge in [0.25, 0.3) is 0 Å². The van der Waals surface area contributed by atoms with Gasteiger partial charge in [0.15, 0.2) is 34.7 Å². The quantitative estimate of drug-likeness (QED) is 0.0270. The number of ether oxygens (including phenoxy) is 6. The fraction of sp³-hybridized carbons (Fsp3) is 0.525. The standard InChI is InChI=1S/C22H23N3O3.C22H27N3O2.C21H23N3O2.C21H26O4.C20H23N3O.C14H22O3/c1-13-17-9-8-16-18(14-6-4-3-5-7-14)24-21(23-12-27)25-20(16)22(17,2)10-15(11-26)19(13)28;1-14-17-9-8-16-18(15-6-4-3-5-7-15)24-20(23)25-19(16)21(17,2)10-11-22(14)26-12-13-27-22;1-12-16-9-8-15-17(13-6-4-3-5-7-13)23-20(22)24-19(15)21(16,2)10-14(11-25)18(12)26;1-14-17-9-8-16(18(22)15-6-4-3-5-7-15)19(23)20(17,2)10-11-21(14)24-12-13-25-21;1-12-15-9-8-14-17(13-6-4-3-5-7-13)22-19(21)23-18(14)20(15,2)11-10-16(12)24;1-10-11-4-3-5-12(15)13(11,2)6-7-14(10)16-8-9-17-14/h3-7,11-13,17,26H,8-10H2,1-2H3,(H,23,24,25,27);3-7,14,17H,8-13H2,1-2H3,(H2,23,24,25);3-7,11-12,16,25H,8-10H2,1-2H3,(H2,22,23,24);3-7,14,16-17H,8-13H2,1-2H3;3-7,12,15H,8-11H2,1-2H3,(H2,21,22,23);10-11H,3-9H2,1-2H3/b15-11-;;14-11-;;;/t13-,17-,22-;14-,17-,21-;12-,16-,21-;14-,16?,17-,20-;12-,15-,20-;10-,11-,13-/m111111/s1. The molecule has 3 spiro atoms. The third-order valence-electron chi connectivity index (χ3n) is 38.2. The number of hydrogen-bond acceptors (Lipinski definition) is 26. The molecule has 19 atom stereocenters. The summed E-state index contributed by atoms with van der Waals surface area (Å²) in [7, 11) is 0. The number of rotatable bonds is 8. The fourth-order valence-corrected chi connectivity index (χ4v) is 30.2. The van der Waals surface area contributed by atoms with Gasteiger partial charge < -0.3 is 55.8 Å². The molecule has 147 heavy (non-hydrogen) atoms. The molecular weight excluding hydrogens is 1850 g/mol. The summed E-state index contributed by atoms with van der Waals surface area (Å²) < 4.78 is 35.9. The molecule has 0 bridgehead atoms. The zero-order valence-electron chi connectivity index (χ0n) is 87.2. The maximum absolute atomic E-state index is 13.3. The first kappa shape index (κ1) is 104. The number of aromatic nitrogens is 8. The number of amides is 1. The van der Waals surface area contributed by atoms with Crippen molar-refractivity contribution in [2.24, 2.45) is 87.8 Å². The lowest BCUT2D eigenvalue weighted by molar-refractivity contribution is -0.243. The zero-order valence-corrected chi connectivity index (χ0v) is 87.2. The SMILES string of the molecule is C[C@@H]1[C@H]2CCC(C(=O)c3ccccc3)C(=O)[C@]2(C)CCC12OCCO2.C[C@@H]1[C@H]2CCCC(=O)[C@]2(C)CCC12OCCO2.C[C@@H]1[C@H]2CCc3c(-c4ccccc4)nc(N)nc3[C@]2(C)CCC12OCCO2.C[C@H]1C(=O)/C(=C\O)C[C@@]2(C)c3nc(N)nc(-c4ccccc4)c3CC[C@H]12.C[C@H]1C(=O)/C(=C\O)C[C@@]2(C)c3nc(NC=O)nc(-c4ccccc4)c3CC[C@H]12.C[C@H]1C(=O)CC[C@@]2(C)c3nc(N)nc(-c4ccccc4)c3CC[C@H]12. The Balaban J connectivity index is 0.000000112. The molecule has 8 saturated carbocycles. The lowest BCUT2D eigenvalue weighted by Crippen LogP contribution is -2.58. The van der Waals surface area contributed by atoms with Crippen molar-refractivity contribution in [2.45, 2.75) is 270 Å². The number of nitrogens with zero attached hydrogens (tertiary/aromatic N) is 8. The van der Waals surface area contributed by atoms with Gasteiger partial charge in [0.2, 0.25) is 30.2 Å². The van der Waals surface area contributed by atoms with Crippen LogP contribution in [0.15, 0.2) is 175 Å². The second kappa shape index (κ2) is 41.2. The Labute approximate surface area is 862 Å². The summed E-state index contributed by atoms with van der Waals surface area (Å²) in [6, 6.07) is 49.6. The Morgan fingerprint density at radius 3 is 1.09 bits per heavy atom. The van der Waals surface area contributed by atoms with Crippen molar-refractivity contribution >= 4 is 64.9 Å². The van der Waals surface area contributed by atoms with Gasteiger partial charge >= 0.3 is 0 Å². The Kier molecular flexibility index (Phi) is 29.1. The molecule has 1 unspecified atom stereocenters. The number of nitrogens with one attached hydrogen (secondary N) is 1. The molecule has 27 nitrogen and oxygen atoms in total. The first-order valence-electron chi connectivity index (χ1n) is 53.7. The van der Waals surface area contributed by atoms with E-state index in [1.165, 1.54) is 11.1 Å². The van der Waals surface area contributed by atoms with Crippen molar-refractivity contribution in [2.75, 3.05) is 62.2 Å². The van der Waals surface area contributed by atoms with E-state index in [-0.39, 0.29) is 104 Å². The molecule has 24 rings (SSSR count). The van der Waals surface area contributed by atoms with Crippen LogP contribution in [0.2, 0.25) is 0 Å². The molecule has 1 amide bonds. The maximum atomic E-state index is 13.3. The Hall–Kier alpha value is -11.9. The number of anilines is 4. The Morgan fingerprint density at radius 1 is 0.361 bits per heavy atom. The topological polar surface area (TPSA) is 409 Å². The Morgan fingerprint density at radius 2 is 0.694 bits per heavy atom. The second-order valence-corrected chi connectivity index (χ2v) is 45.7. The molecule has 7 heterocycles. The molecular formula is C120H144N12O15. The summed E-state index contributed by atoms with van der Waals surface area (Å²) in [5.41, 5.74) is 35.0. The number of nitrogen functional groups attached to an aromatic ring is 3. The van der Waals surface area contributed by atoms with Gasteiger partial charge in [-0.3, -0.25) is 38.9 Å². The predicted octanol–water partition coefficient (Wildman–Crippen LogP) is 20.6. The lowest BCUT2D eigenvalue weighted by Gasteiger charge is -2.54. The molecule has 3 saturated heterocycles. The van der Waals surface area contributed by atoms with Crippen LogP contribution >= 0.6 is 0 Å². The van der Waals surface area contributed by atoms with Crippen LogP contribution in [0.25, 0.3) is 45.0 Å². The van der Waals surface area contributed by atoms with Crippen LogP contribution in [-0.4, -0.2) is 148 Å². The van der Waals surface area contributed by atoms with Gasteiger partial charge in [-0.1, -0.05) is 235 Å². The van der Waals surface area contributed by atoms with Crippen LogP contribution in [0.3, 0.4) is 0 Å². The van der Waals surface area contributed by atoms with Gasteiger partial charge in [-0.05, 0) is 151 Å². The first-order valence-corrected chi connectivity index (χ1v) is 53.7. The van der Waals surface area contributed by atoms with E-state index in [0.717, 1.165) is 213 Å². The van der Waals surface area contributed by atoms with Gasteiger partial charge in [0, 0.05) is 161 Å². The highest BCUT2D eigenvalue weighted by Gasteiger charge is 2.64. The summed E-state index contributed by atoms with van der Waals surface area (Å²) in [6.07, 6.45) is 21.9. The molecule has 9 N–H and O–H groups in total. The number of carbonyl (C=O) groups is 7. The van der Waals surface area contributed by atoms with E-state index in [2.05, 4.69) is 141 Å². The van der Waals surface area contributed by atoms with E-state index >= 15 is 0 Å². The highest BCUT2D eigenvalue weighted by Crippen LogP contribution is 2.63. The summed E-state index contributed by atoms with van der Waals surface area (Å²) in [6.45, 7) is 29.8. The van der Waals surface area contributed by atoms with Gasteiger partial charge in [-0.2, -0.15) is 0 Å². The smallest absolute Gasteiger partial charge is 0.230 e. The number of benzene rings is 5. The van der Waals surface area contributed by atoms with Crippen LogP contribution in [0.1, 0.15) is 260 Å². The van der Waals surface area contributed by atoms with Crippen LogP contribution in [0, 0.1) is 87.8 Å². The number of carbonyl (C=O) groups excluding carboxylic acids is 7.